The first-order valence-corrected chi connectivity index (χ1v) is 24.2. The van der Waals surface area contributed by atoms with Crippen molar-refractivity contribution in [1.82, 2.24) is 56.3 Å². The monoisotopic (exact) mass is 1130 g/mol. The summed E-state index contributed by atoms with van der Waals surface area (Å²) in [6, 6.07) is 11.6. The Kier molecular flexibility index (Phi) is 24.2. The fourth-order valence-corrected chi connectivity index (χ4v) is 7.60. The predicted octanol–water partition coefficient (Wildman–Crippen LogP) is 3.56. The Morgan fingerprint density at radius 1 is 0.744 bits per heavy atom. The van der Waals surface area contributed by atoms with Gasteiger partial charge in [-0.2, -0.15) is 18.1 Å². The third kappa shape index (κ3) is 19.1. The van der Waals surface area contributed by atoms with Gasteiger partial charge in [-0.05, 0) is 86.4 Å². The average Bonchev–Trinajstić information content (AvgIpc) is 3.97. The minimum atomic E-state index is -5.01. The van der Waals surface area contributed by atoms with E-state index >= 15 is 8.42 Å². The molecule has 5 aromatic rings. The van der Waals surface area contributed by atoms with Gasteiger partial charge in [0.2, 0.25) is 11.6 Å². The molecule has 426 valence electrons. The van der Waals surface area contributed by atoms with E-state index in [2.05, 4.69) is 45.0 Å². The van der Waals surface area contributed by atoms with Crippen LogP contribution in [0.4, 0.5) is 15.4 Å². The molecule has 35 nitrogen and oxygen atoms in total. The number of pyridine rings is 2. The third-order valence-electron chi connectivity index (χ3n) is 9.64. The maximum Gasteiger partial charge on any atom is 0.510 e. The van der Waals surface area contributed by atoms with Crippen molar-refractivity contribution in [2.45, 2.75) is 63.9 Å². The van der Waals surface area contributed by atoms with Gasteiger partial charge in [0, 0.05) is 24.4 Å². The quantitative estimate of drug-likeness (QED) is 0.0115. The molecule has 0 fully saturated rings. The van der Waals surface area contributed by atoms with E-state index in [4.69, 9.17) is 78.9 Å². The highest BCUT2D eigenvalue weighted by molar-refractivity contribution is 7.92. The van der Waals surface area contributed by atoms with Crippen molar-refractivity contribution < 1.29 is 111 Å². The molecule has 0 aliphatic rings. The van der Waals surface area contributed by atoms with Crippen molar-refractivity contribution in [3.63, 3.8) is 0 Å². The predicted molar refractivity (Wildman–Crippen MR) is 248 cm³/mol. The fraction of sp³-hybridized carbons (Fsp3) is 0.429. The normalized spacial score (nSPS) is 12.3. The van der Waals surface area contributed by atoms with Crippen molar-refractivity contribution in [3.8, 4) is 46.0 Å². The molecule has 4 aromatic heterocycles. The van der Waals surface area contributed by atoms with E-state index in [0.29, 0.717) is 9.87 Å². The number of carbonyl (C=O) groups excluding carboxylic acids is 3. The Bertz CT molecular complexity index is 2800. The van der Waals surface area contributed by atoms with Gasteiger partial charge >= 0.3 is 18.3 Å². The number of benzene rings is 1. The molecule has 0 radical (unpaired) electrons. The summed E-state index contributed by atoms with van der Waals surface area (Å²) in [7, 11) is -3.68. The van der Waals surface area contributed by atoms with Crippen LogP contribution >= 0.6 is 0 Å². The largest absolute Gasteiger partial charge is 0.510 e. The van der Waals surface area contributed by atoms with Crippen molar-refractivity contribution in [2.24, 2.45) is 0 Å². The van der Waals surface area contributed by atoms with Crippen molar-refractivity contribution in [2.75, 3.05) is 64.5 Å². The summed E-state index contributed by atoms with van der Waals surface area (Å²) in [5.41, 5.74) is 0.652. The molecule has 36 heteroatoms. The summed E-state index contributed by atoms with van der Waals surface area (Å²) < 4.78 is 81.2. The van der Waals surface area contributed by atoms with Gasteiger partial charge in [-0.1, -0.05) is 18.2 Å². The van der Waals surface area contributed by atoms with Crippen LogP contribution in [0, 0.1) is 6.92 Å². The van der Waals surface area contributed by atoms with E-state index in [-0.39, 0.29) is 93.1 Å². The Labute approximate surface area is 441 Å². The van der Waals surface area contributed by atoms with E-state index in [9.17, 15) is 14.4 Å². The van der Waals surface area contributed by atoms with Gasteiger partial charge in [-0.25, -0.2) is 28.7 Å². The molecule has 0 aliphatic carbocycles. The average molecular weight is 1130 g/mol. The van der Waals surface area contributed by atoms with Crippen LogP contribution in [0.5, 0.6) is 23.1 Å². The number of anilines is 1. The molecule has 78 heavy (non-hydrogen) atoms. The van der Waals surface area contributed by atoms with Gasteiger partial charge in [0.1, 0.15) is 25.5 Å². The molecule has 0 amide bonds. The SMILES string of the molecule is COc1ccccc1Oc1c(OCCOC(=O)CCCON(O)O)nc(-c2ccnc(-c3nnnn3C(C)OC(=O)OCCOCON(O)O)c2)nc1N(C(C)OC(=O)OCCCCON(O)O)S(=O)(=O)c1ccc(C)cn1. The molecule has 1 aromatic carbocycles. The molecule has 2 unspecified atom stereocenters. The van der Waals surface area contributed by atoms with Crippen LogP contribution in [0.1, 0.15) is 51.3 Å². The highest BCUT2D eigenvalue weighted by atomic mass is 32.2. The fourth-order valence-electron chi connectivity index (χ4n) is 6.19. The number of aryl methyl sites for hydroxylation is 1. The number of para-hydroxylation sites is 2. The number of esters is 1. The summed E-state index contributed by atoms with van der Waals surface area (Å²) in [6.07, 6.45) is -2.97. The van der Waals surface area contributed by atoms with Crippen molar-refractivity contribution in [1.29, 1.82) is 0 Å². The highest BCUT2D eigenvalue weighted by Gasteiger charge is 2.39. The van der Waals surface area contributed by atoms with Gasteiger partial charge in [0.05, 0.1) is 49.7 Å². The van der Waals surface area contributed by atoms with Gasteiger partial charge < -0.3 is 42.6 Å². The minimum absolute atomic E-state index is 0.00545. The Balaban J connectivity index is 1.61. The summed E-state index contributed by atoms with van der Waals surface area (Å²) in [6.45, 7) is 1.47. The second-order valence-electron chi connectivity index (χ2n) is 15.2. The first kappa shape index (κ1) is 61.2. The lowest BCUT2D eigenvalue weighted by molar-refractivity contribution is -0.506. The molecule has 6 N–H and O–H groups in total. The lowest BCUT2D eigenvalue weighted by Crippen LogP contribution is -2.42. The maximum atomic E-state index is 15.1. The van der Waals surface area contributed by atoms with Crippen LogP contribution in [-0.4, -0.2) is 181 Å². The molecule has 0 aliphatic heterocycles. The molecule has 5 rings (SSSR count). The van der Waals surface area contributed by atoms with E-state index in [1.54, 1.807) is 19.1 Å². The van der Waals surface area contributed by atoms with Crippen LogP contribution < -0.4 is 18.5 Å². The molecule has 2 atom stereocenters. The lowest BCUT2D eigenvalue weighted by Gasteiger charge is -2.30. The minimum Gasteiger partial charge on any atom is -0.493 e. The van der Waals surface area contributed by atoms with Gasteiger partial charge in [0.15, 0.2) is 47.4 Å². The number of nitrogens with zero attached hydrogens (tertiary/aromatic N) is 12. The summed E-state index contributed by atoms with van der Waals surface area (Å²) in [4.78, 5) is 69.5. The summed E-state index contributed by atoms with van der Waals surface area (Å²) >= 11 is 0. The zero-order chi connectivity index (χ0) is 56.6. The maximum absolute atomic E-state index is 15.1. The number of hydrogen-bond acceptors (Lipinski definition) is 33. The van der Waals surface area contributed by atoms with E-state index in [0.717, 1.165) is 4.68 Å². The number of aromatic nitrogens is 8. The zero-order valence-electron chi connectivity index (χ0n) is 41.8. The highest BCUT2D eigenvalue weighted by Crippen LogP contribution is 2.45. The molecular formula is C42H54N12O23S. The number of ether oxygens (including phenoxy) is 9. The Morgan fingerprint density at radius 2 is 1.42 bits per heavy atom. The topological polar surface area (TPSA) is 426 Å². The van der Waals surface area contributed by atoms with Gasteiger partial charge in [0.25, 0.3) is 15.9 Å². The smallest absolute Gasteiger partial charge is 0.493 e. The molecule has 0 bridgehead atoms. The lowest BCUT2D eigenvalue weighted by atomic mass is 10.2. The molecule has 4 heterocycles. The third-order valence-corrected chi connectivity index (χ3v) is 11.4. The van der Waals surface area contributed by atoms with Crippen LogP contribution in [0.25, 0.3) is 22.9 Å². The van der Waals surface area contributed by atoms with Gasteiger partial charge in [-0.3, -0.25) is 50.7 Å². The number of rotatable bonds is 33. The van der Waals surface area contributed by atoms with E-state index in [1.807, 2.05) is 0 Å². The standard InChI is InChI=1S/C42H54N12O23S/c1-27-13-14-34(44-25-27)78(64,65)51(29(3)76-41(56)70-17-7-8-18-72-52(58)59)39-36(77-33-11-6-5-10-32(33)66-4)40(69-23-22-68-35(55)12-9-19-73-53(60)61)46-37(45-39)30-15-16-43-31(24-30)38-47-48-49-50(38)28(2)75-42(57)71-21-20-67-26-74-54(62)63/h5-6,10-11,13-16,24-25,28-29,58-63H,7-9,12,17-23,26H2,1-4H3. The number of hydrogen-bond donors (Lipinski definition) is 6. The van der Waals surface area contributed by atoms with Crippen LogP contribution in [-0.2, 0) is 57.8 Å². The number of tetrazole rings is 1. The molecular weight excluding hydrogens is 1070 g/mol. The van der Waals surface area contributed by atoms with Crippen LogP contribution in [0.2, 0.25) is 0 Å². The molecule has 0 saturated heterocycles. The van der Waals surface area contributed by atoms with Crippen molar-refractivity contribution in [3.05, 3.63) is 66.5 Å². The molecule has 0 saturated carbocycles. The summed E-state index contributed by atoms with van der Waals surface area (Å²) in [5.74, 6) is -2.75. The summed E-state index contributed by atoms with van der Waals surface area (Å²) in [5, 5.41) is 61.8. The molecule has 0 spiro atoms. The van der Waals surface area contributed by atoms with E-state index < -0.39 is 99.4 Å². The van der Waals surface area contributed by atoms with Crippen molar-refractivity contribution >= 4 is 34.1 Å². The van der Waals surface area contributed by atoms with E-state index in [1.165, 1.54) is 69.7 Å². The second-order valence-corrected chi connectivity index (χ2v) is 17.0. The number of methoxy groups -OCH3 is 1. The van der Waals surface area contributed by atoms with Gasteiger partial charge in [-0.15, -0.1) is 5.10 Å². The Morgan fingerprint density at radius 3 is 2.13 bits per heavy atom. The first-order chi connectivity index (χ1) is 37.4. The number of sulfonamides is 1. The number of carbonyl (C=O) groups is 3. The van der Waals surface area contributed by atoms with Crippen LogP contribution in [0.15, 0.2) is 66.0 Å². The first-order valence-electron chi connectivity index (χ1n) is 22.8. The zero-order valence-corrected chi connectivity index (χ0v) is 42.6. The number of unbranched alkanes of at least 4 members (excludes halogenated alkanes) is 1. The second kappa shape index (κ2) is 30.9. The Hall–Kier alpha value is -7.69. The van der Waals surface area contributed by atoms with Crippen LogP contribution in [0.3, 0.4) is 0 Å².